The van der Waals surface area contributed by atoms with Crippen molar-refractivity contribution in [1.82, 2.24) is 9.80 Å². The highest BCUT2D eigenvalue weighted by Crippen LogP contribution is 2.35. The van der Waals surface area contributed by atoms with Gasteiger partial charge in [0.05, 0.1) is 10.6 Å². The molecule has 2 aromatic rings. The lowest BCUT2D eigenvalue weighted by atomic mass is 10.1. The number of hydrogen-bond acceptors (Lipinski definition) is 4. The van der Waals surface area contributed by atoms with Gasteiger partial charge in [0.15, 0.2) is 5.06 Å². The molecule has 1 fully saturated rings. The summed E-state index contributed by atoms with van der Waals surface area (Å²) in [5.74, 6) is 0.00553. The van der Waals surface area contributed by atoms with E-state index in [1.165, 1.54) is 10.4 Å². The summed E-state index contributed by atoms with van der Waals surface area (Å²) < 4.78 is 6.30. The molecule has 2 aliphatic rings. The predicted octanol–water partition coefficient (Wildman–Crippen LogP) is 4.85. The second-order valence-electron chi connectivity index (χ2n) is 7.92. The van der Waals surface area contributed by atoms with Gasteiger partial charge in [-0.3, -0.25) is 4.79 Å². The van der Waals surface area contributed by atoms with E-state index in [0.717, 1.165) is 44.0 Å². The van der Waals surface area contributed by atoms with Crippen LogP contribution in [0.1, 0.15) is 47.5 Å². The summed E-state index contributed by atoms with van der Waals surface area (Å²) in [5, 5.41) is 1.51. The van der Waals surface area contributed by atoms with Gasteiger partial charge in [0.2, 0.25) is 0 Å². The summed E-state index contributed by atoms with van der Waals surface area (Å²) in [6, 6.07) is 10.0. The van der Waals surface area contributed by atoms with Gasteiger partial charge in [0.25, 0.3) is 5.91 Å². The Morgan fingerprint density at radius 1 is 1.21 bits per heavy atom. The minimum absolute atomic E-state index is 0.00553. The van der Waals surface area contributed by atoms with Crippen molar-refractivity contribution >= 4 is 28.8 Å². The molecule has 1 aromatic heterocycles. The number of nitrogens with zero attached hydrogens (tertiary/aromatic N) is 2. The highest BCUT2D eigenvalue weighted by Gasteiger charge is 2.27. The van der Waals surface area contributed by atoms with Crippen LogP contribution in [0.5, 0.6) is 5.06 Å². The average Bonchev–Trinajstić information content (AvgIpc) is 3.09. The summed E-state index contributed by atoms with van der Waals surface area (Å²) in [4.78, 5) is 18.6. The zero-order valence-corrected chi connectivity index (χ0v) is 18.1. The molecule has 1 aromatic carbocycles. The number of fused-ring (bicyclic) bond motifs is 1. The highest BCUT2D eigenvalue weighted by molar-refractivity contribution is 7.14. The molecular weight excluding hydrogens is 392 g/mol. The van der Waals surface area contributed by atoms with Crippen LogP contribution in [0.15, 0.2) is 30.3 Å². The molecular formula is C22H27ClN2O2S. The first kappa shape index (κ1) is 19.7. The lowest BCUT2D eigenvalue weighted by molar-refractivity contribution is 0.0735. The normalized spacial score (nSPS) is 18.4. The van der Waals surface area contributed by atoms with Crippen LogP contribution < -0.4 is 4.74 Å². The molecule has 2 aliphatic heterocycles. The maximum atomic E-state index is 12.8. The molecule has 0 radical (unpaired) electrons. The topological polar surface area (TPSA) is 32.8 Å². The summed E-state index contributed by atoms with van der Waals surface area (Å²) >= 11 is 7.96. The Balaban J connectivity index is 1.39. The number of ether oxygens (including phenoxy) is 1. The molecule has 4 nitrogen and oxygen atoms in total. The monoisotopic (exact) mass is 418 g/mol. The molecule has 4 rings (SSSR count). The number of carbonyl (C=O) groups is 1. The first-order valence-electron chi connectivity index (χ1n) is 10.1. The molecule has 1 saturated heterocycles. The molecule has 0 atom stereocenters. The zero-order chi connectivity index (χ0) is 19.7. The SMILES string of the molecule is CC(C)N1CCC(Oc2cc3c(s2)CCN(C(=O)c2ccccc2Cl)C3)CC1. The number of piperidine rings is 1. The maximum absolute atomic E-state index is 12.8. The van der Waals surface area contributed by atoms with E-state index in [0.29, 0.717) is 29.3 Å². The van der Waals surface area contributed by atoms with Gasteiger partial charge in [-0.25, -0.2) is 0 Å². The third kappa shape index (κ3) is 4.22. The number of benzene rings is 1. The summed E-state index contributed by atoms with van der Waals surface area (Å²) in [6.45, 7) is 8.07. The number of halogens is 1. The van der Waals surface area contributed by atoms with Gasteiger partial charge in [-0.05, 0) is 56.9 Å². The molecule has 0 aliphatic carbocycles. The van der Waals surface area contributed by atoms with Crippen molar-refractivity contribution in [2.45, 2.75) is 51.8 Å². The van der Waals surface area contributed by atoms with Crippen LogP contribution in [0.4, 0.5) is 0 Å². The first-order chi connectivity index (χ1) is 13.5. The van der Waals surface area contributed by atoms with Crippen molar-refractivity contribution in [3.05, 3.63) is 51.4 Å². The maximum Gasteiger partial charge on any atom is 0.255 e. The van der Waals surface area contributed by atoms with Gasteiger partial charge in [-0.1, -0.05) is 23.7 Å². The van der Waals surface area contributed by atoms with Crippen LogP contribution in [0.3, 0.4) is 0 Å². The van der Waals surface area contributed by atoms with Crippen LogP contribution in [-0.2, 0) is 13.0 Å². The highest BCUT2D eigenvalue weighted by atomic mass is 35.5. The molecule has 1 amide bonds. The van der Waals surface area contributed by atoms with Crippen molar-refractivity contribution in [3.63, 3.8) is 0 Å². The van der Waals surface area contributed by atoms with Crippen molar-refractivity contribution in [3.8, 4) is 5.06 Å². The second kappa shape index (κ2) is 8.44. The second-order valence-corrected chi connectivity index (χ2v) is 9.42. The minimum atomic E-state index is 0.00553. The molecule has 0 unspecified atom stereocenters. The van der Waals surface area contributed by atoms with Gasteiger partial charge in [0, 0.05) is 37.1 Å². The Morgan fingerprint density at radius 2 is 1.96 bits per heavy atom. The molecule has 3 heterocycles. The lowest BCUT2D eigenvalue weighted by Crippen LogP contribution is -2.41. The Bertz CT molecular complexity index is 843. The van der Waals surface area contributed by atoms with E-state index in [9.17, 15) is 4.79 Å². The molecule has 0 saturated carbocycles. The van der Waals surface area contributed by atoms with Gasteiger partial charge in [-0.15, -0.1) is 11.3 Å². The van der Waals surface area contributed by atoms with E-state index < -0.39 is 0 Å². The zero-order valence-electron chi connectivity index (χ0n) is 16.5. The van der Waals surface area contributed by atoms with Crippen molar-refractivity contribution in [2.24, 2.45) is 0 Å². The Kier molecular flexibility index (Phi) is 5.95. The Morgan fingerprint density at radius 3 is 2.68 bits per heavy atom. The third-order valence-corrected chi connectivity index (χ3v) is 7.18. The predicted molar refractivity (Wildman–Crippen MR) is 115 cm³/mol. The fourth-order valence-corrected chi connectivity index (χ4v) is 5.31. The van der Waals surface area contributed by atoms with Crippen LogP contribution in [-0.4, -0.2) is 47.5 Å². The standard InChI is InChI=1S/C22H27ClN2O2S/c1-15(2)24-10-7-17(8-11-24)27-21-13-16-14-25(12-9-20(16)28-21)22(26)18-5-3-4-6-19(18)23/h3-6,13,15,17H,7-12,14H2,1-2H3. The number of hydrogen-bond donors (Lipinski definition) is 0. The van der Waals surface area contributed by atoms with Gasteiger partial charge >= 0.3 is 0 Å². The van der Waals surface area contributed by atoms with E-state index in [1.54, 1.807) is 23.5 Å². The van der Waals surface area contributed by atoms with Crippen LogP contribution >= 0.6 is 22.9 Å². The summed E-state index contributed by atoms with van der Waals surface area (Å²) in [6.07, 6.45) is 3.34. The summed E-state index contributed by atoms with van der Waals surface area (Å²) in [7, 11) is 0. The van der Waals surface area contributed by atoms with Gasteiger partial charge < -0.3 is 14.5 Å². The smallest absolute Gasteiger partial charge is 0.255 e. The first-order valence-corrected chi connectivity index (χ1v) is 11.3. The van der Waals surface area contributed by atoms with Crippen molar-refractivity contribution < 1.29 is 9.53 Å². The number of rotatable bonds is 4. The number of thiophene rings is 1. The Labute approximate surface area is 176 Å². The Hall–Kier alpha value is -1.56. The van der Waals surface area contributed by atoms with E-state index >= 15 is 0 Å². The molecule has 150 valence electrons. The average molecular weight is 419 g/mol. The minimum Gasteiger partial charge on any atom is -0.481 e. The quantitative estimate of drug-likeness (QED) is 0.711. The number of amides is 1. The number of carbonyl (C=O) groups excluding carboxylic acids is 1. The summed E-state index contributed by atoms with van der Waals surface area (Å²) in [5.41, 5.74) is 1.79. The third-order valence-electron chi connectivity index (χ3n) is 5.73. The van der Waals surface area contributed by atoms with E-state index in [1.807, 2.05) is 17.0 Å². The fourth-order valence-electron chi connectivity index (χ4n) is 4.02. The fraction of sp³-hybridized carbons (Fsp3) is 0.500. The van der Waals surface area contributed by atoms with Crippen LogP contribution in [0.25, 0.3) is 0 Å². The van der Waals surface area contributed by atoms with E-state index in [4.69, 9.17) is 16.3 Å². The van der Waals surface area contributed by atoms with Crippen molar-refractivity contribution in [2.75, 3.05) is 19.6 Å². The van der Waals surface area contributed by atoms with Gasteiger partial charge in [-0.2, -0.15) is 0 Å². The molecule has 0 spiro atoms. The molecule has 6 heteroatoms. The van der Waals surface area contributed by atoms with Gasteiger partial charge in [0.1, 0.15) is 6.10 Å². The molecule has 28 heavy (non-hydrogen) atoms. The molecule has 0 bridgehead atoms. The van der Waals surface area contributed by atoms with E-state index in [-0.39, 0.29) is 5.91 Å². The van der Waals surface area contributed by atoms with Crippen LogP contribution in [0.2, 0.25) is 5.02 Å². The van der Waals surface area contributed by atoms with E-state index in [2.05, 4.69) is 24.8 Å². The number of likely N-dealkylation sites (tertiary alicyclic amines) is 1. The lowest BCUT2D eigenvalue weighted by Gasteiger charge is -2.34. The van der Waals surface area contributed by atoms with Crippen LogP contribution in [0, 0.1) is 0 Å². The molecule has 0 N–H and O–H groups in total. The van der Waals surface area contributed by atoms with Crippen molar-refractivity contribution in [1.29, 1.82) is 0 Å². The largest absolute Gasteiger partial charge is 0.481 e.